The molecule has 0 radical (unpaired) electrons. The van der Waals surface area contributed by atoms with E-state index in [1.165, 1.54) is 0 Å². The van der Waals surface area contributed by atoms with Crippen LogP contribution in [0.15, 0.2) is 18.3 Å². The predicted octanol–water partition coefficient (Wildman–Crippen LogP) is 1.16. The molecular formula is C18H27N5O2. The highest BCUT2D eigenvalue weighted by molar-refractivity contribution is 5.73. The van der Waals surface area contributed by atoms with Gasteiger partial charge in [-0.25, -0.2) is 4.98 Å². The largest absolute Gasteiger partial charge is 0.466 e. The lowest BCUT2D eigenvalue weighted by Gasteiger charge is -2.34. The van der Waals surface area contributed by atoms with E-state index < -0.39 is 0 Å². The number of pyridine rings is 1. The molecule has 3 heterocycles. The monoisotopic (exact) mass is 345 g/mol. The second kappa shape index (κ2) is 7.84. The zero-order valence-corrected chi connectivity index (χ0v) is 15.1. The van der Waals surface area contributed by atoms with E-state index in [0.717, 1.165) is 56.3 Å². The van der Waals surface area contributed by atoms with Gasteiger partial charge in [-0.3, -0.25) is 9.69 Å². The van der Waals surface area contributed by atoms with Crippen molar-refractivity contribution >= 4 is 17.3 Å². The van der Waals surface area contributed by atoms with Crippen LogP contribution in [0.3, 0.4) is 0 Å². The first kappa shape index (κ1) is 17.7. The van der Waals surface area contributed by atoms with Gasteiger partial charge in [-0.1, -0.05) is 6.92 Å². The van der Waals surface area contributed by atoms with Crippen molar-refractivity contribution in [2.45, 2.75) is 26.8 Å². The lowest BCUT2D eigenvalue weighted by molar-refractivity contribution is -0.142. The van der Waals surface area contributed by atoms with Crippen molar-refractivity contribution in [3.8, 4) is 0 Å². The zero-order valence-electron chi connectivity index (χ0n) is 15.1. The minimum Gasteiger partial charge on any atom is -0.466 e. The minimum absolute atomic E-state index is 0.194. The van der Waals surface area contributed by atoms with Gasteiger partial charge >= 0.3 is 5.97 Å². The molecule has 1 aliphatic rings. The number of rotatable bonds is 6. The smallest absolute Gasteiger partial charge is 0.311 e. The van der Waals surface area contributed by atoms with Crippen LogP contribution in [0.4, 0.5) is 5.69 Å². The molecule has 0 aromatic carbocycles. The summed E-state index contributed by atoms with van der Waals surface area (Å²) in [6.45, 7) is 10.4. The Morgan fingerprint density at radius 2 is 1.92 bits per heavy atom. The molecule has 7 nitrogen and oxygen atoms in total. The molecule has 0 unspecified atom stereocenters. The standard InChI is InChI=1S/C18H27N5O2/c1-3-21-7-9-22(10-8-21)13-16-15(11-18(24)25-4-2)20-17-6-5-14(19)12-23(16)17/h5-6,12H,3-4,7-11,13,19H2,1-2H3. The Morgan fingerprint density at radius 1 is 1.20 bits per heavy atom. The molecule has 0 saturated carbocycles. The van der Waals surface area contributed by atoms with E-state index in [1.54, 1.807) is 0 Å². The fraction of sp³-hybridized carbons (Fsp3) is 0.556. The number of carbonyl (C=O) groups excluding carboxylic acids is 1. The number of ether oxygens (including phenoxy) is 1. The summed E-state index contributed by atoms with van der Waals surface area (Å²) in [5, 5.41) is 0. The van der Waals surface area contributed by atoms with Crippen molar-refractivity contribution in [1.29, 1.82) is 0 Å². The lowest BCUT2D eigenvalue weighted by Crippen LogP contribution is -2.45. The Bertz CT molecular complexity index is 734. The average Bonchev–Trinajstić information content (AvgIpc) is 2.92. The third-order valence-electron chi connectivity index (χ3n) is 4.73. The second-order valence-corrected chi connectivity index (χ2v) is 6.39. The summed E-state index contributed by atoms with van der Waals surface area (Å²) < 4.78 is 7.12. The molecule has 25 heavy (non-hydrogen) atoms. The van der Waals surface area contributed by atoms with Gasteiger partial charge in [-0.05, 0) is 25.6 Å². The van der Waals surface area contributed by atoms with Crippen LogP contribution in [0.2, 0.25) is 0 Å². The average molecular weight is 345 g/mol. The molecule has 136 valence electrons. The number of fused-ring (bicyclic) bond motifs is 1. The first-order valence-corrected chi connectivity index (χ1v) is 8.96. The zero-order chi connectivity index (χ0) is 17.8. The van der Waals surface area contributed by atoms with Crippen molar-refractivity contribution in [2.75, 3.05) is 45.1 Å². The quantitative estimate of drug-likeness (QED) is 0.792. The molecule has 0 amide bonds. The number of nitrogen functional groups attached to an aromatic ring is 1. The van der Waals surface area contributed by atoms with Gasteiger partial charge in [0.25, 0.3) is 0 Å². The first-order valence-electron chi connectivity index (χ1n) is 8.96. The van der Waals surface area contributed by atoms with E-state index in [9.17, 15) is 4.79 Å². The molecule has 1 saturated heterocycles. The van der Waals surface area contributed by atoms with E-state index in [2.05, 4.69) is 21.7 Å². The molecule has 2 aromatic heterocycles. The summed E-state index contributed by atoms with van der Waals surface area (Å²) in [5.74, 6) is -0.240. The van der Waals surface area contributed by atoms with Gasteiger partial charge in [0.15, 0.2) is 0 Å². The summed E-state index contributed by atoms with van der Waals surface area (Å²) >= 11 is 0. The van der Waals surface area contributed by atoms with Gasteiger partial charge in [-0.2, -0.15) is 0 Å². The molecule has 0 aliphatic carbocycles. The summed E-state index contributed by atoms with van der Waals surface area (Å²) in [7, 11) is 0. The number of nitrogens with zero attached hydrogens (tertiary/aromatic N) is 4. The third-order valence-corrected chi connectivity index (χ3v) is 4.73. The fourth-order valence-electron chi connectivity index (χ4n) is 3.29. The molecule has 7 heteroatoms. The highest BCUT2D eigenvalue weighted by Gasteiger charge is 2.21. The molecule has 1 fully saturated rings. The highest BCUT2D eigenvalue weighted by atomic mass is 16.5. The fourth-order valence-corrected chi connectivity index (χ4v) is 3.29. The Hall–Kier alpha value is -2.12. The van der Waals surface area contributed by atoms with Crippen molar-refractivity contribution < 1.29 is 9.53 Å². The predicted molar refractivity (Wildman–Crippen MR) is 97.3 cm³/mol. The number of nitrogens with two attached hydrogens (primary N) is 1. The first-order chi connectivity index (χ1) is 12.1. The van der Waals surface area contributed by atoms with Crippen molar-refractivity contribution in [2.24, 2.45) is 0 Å². The van der Waals surface area contributed by atoms with Crippen LogP contribution in [-0.2, 0) is 22.5 Å². The molecular weight excluding hydrogens is 318 g/mol. The number of carbonyl (C=O) groups is 1. The number of imidazole rings is 1. The van der Waals surface area contributed by atoms with Gasteiger partial charge in [0, 0.05) is 44.6 Å². The van der Waals surface area contributed by atoms with Crippen molar-refractivity contribution in [3.05, 3.63) is 29.7 Å². The Kier molecular flexibility index (Phi) is 5.55. The van der Waals surface area contributed by atoms with Crippen LogP contribution < -0.4 is 5.73 Å². The molecule has 1 aliphatic heterocycles. The van der Waals surface area contributed by atoms with Crippen LogP contribution >= 0.6 is 0 Å². The van der Waals surface area contributed by atoms with Gasteiger partial charge in [0.2, 0.25) is 0 Å². The summed E-state index contributed by atoms with van der Waals surface area (Å²) in [6, 6.07) is 3.72. The van der Waals surface area contributed by atoms with Gasteiger partial charge in [-0.15, -0.1) is 0 Å². The molecule has 0 atom stereocenters. The van der Waals surface area contributed by atoms with Gasteiger partial charge in [0.1, 0.15) is 5.65 Å². The summed E-state index contributed by atoms with van der Waals surface area (Å²) in [5.41, 5.74) is 9.27. The topological polar surface area (TPSA) is 76.1 Å². The van der Waals surface area contributed by atoms with E-state index >= 15 is 0 Å². The van der Waals surface area contributed by atoms with E-state index in [1.807, 2.05) is 29.7 Å². The molecule has 2 N–H and O–H groups in total. The second-order valence-electron chi connectivity index (χ2n) is 6.39. The van der Waals surface area contributed by atoms with Crippen LogP contribution in [0.25, 0.3) is 5.65 Å². The van der Waals surface area contributed by atoms with Crippen molar-refractivity contribution in [3.63, 3.8) is 0 Å². The number of aromatic nitrogens is 2. The third kappa shape index (κ3) is 4.11. The maximum atomic E-state index is 12.0. The maximum absolute atomic E-state index is 12.0. The molecule has 0 bridgehead atoms. The number of anilines is 1. The number of piperazine rings is 1. The summed E-state index contributed by atoms with van der Waals surface area (Å²) in [6.07, 6.45) is 2.08. The minimum atomic E-state index is -0.240. The molecule has 3 rings (SSSR count). The molecule has 0 spiro atoms. The Morgan fingerprint density at radius 3 is 2.60 bits per heavy atom. The van der Waals surface area contributed by atoms with Gasteiger partial charge in [0.05, 0.1) is 24.4 Å². The number of likely N-dealkylation sites (N-methyl/N-ethyl adjacent to an activating group) is 1. The Balaban J connectivity index is 1.85. The van der Waals surface area contributed by atoms with Crippen molar-refractivity contribution in [1.82, 2.24) is 19.2 Å². The molecule has 2 aromatic rings. The normalized spacial score (nSPS) is 16.4. The van der Waals surface area contributed by atoms with Crippen LogP contribution in [0.1, 0.15) is 25.2 Å². The van der Waals surface area contributed by atoms with Crippen LogP contribution in [0.5, 0.6) is 0 Å². The Labute approximate surface area is 148 Å². The lowest BCUT2D eigenvalue weighted by atomic mass is 10.2. The van der Waals surface area contributed by atoms with Crippen LogP contribution in [-0.4, -0.2) is 64.5 Å². The van der Waals surface area contributed by atoms with E-state index in [0.29, 0.717) is 12.3 Å². The maximum Gasteiger partial charge on any atom is 0.311 e. The summed E-state index contributed by atoms with van der Waals surface area (Å²) in [4.78, 5) is 21.5. The van der Waals surface area contributed by atoms with Gasteiger partial charge < -0.3 is 19.8 Å². The highest BCUT2D eigenvalue weighted by Crippen LogP contribution is 2.19. The number of esters is 1. The number of hydrogen-bond donors (Lipinski definition) is 1. The van der Waals surface area contributed by atoms with E-state index in [-0.39, 0.29) is 12.4 Å². The van der Waals surface area contributed by atoms with E-state index in [4.69, 9.17) is 10.5 Å². The van der Waals surface area contributed by atoms with Crippen LogP contribution in [0, 0.1) is 0 Å². The SMILES string of the molecule is CCOC(=O)Cc1nc2ccc(N)cn2c1CN1CCN(CC)CC1. The number of hydrogen-bond acceptors (Lipinski definition) is 6.